The minimum atomic E-state index is 0.879. The van der Waals surface area contributed by atoms with Crippen LogP contribution in [0.2, 0.25) is 0 Å². The molecule has 8 aromatic carbocycles. The Hall–Kier alpha value is -6.84. The van der Waals surface area contributed by atoms with Crippen LogP contribution in [-0.2, 0) is 0 Å². The molecule has 9 aromatic rings. The average Bonchev–Trinajstić information content (AvgIpc) is 3.57. The molecule has 53 heavy (non-hydrogen) atoms. The van der Waals surface area contributed by atoms with Gasteiger partial charge in [0.25, 0.3) is 0 Å². The van der Waals surface area contributed by atoms with Crippen LogP contribution in [0.25, 0.3) is 72.0 Å². The van der Waals surface area contributed by atoms with E-state index in [1.807, 2.05) is 0 Å². The highest BCUT2D eigenvalue weighted by Gasteiger charge is 2.30. The zero-order valence-corrected chi connectivity index (χ0v) is 29.2. The van der Waals surface area contributed by atoms with Gasteiger partial charge in [-0.1, -0.05) is 127 Å². The van der Waals surface area contributed by atoms with Crippen LogP contribution < -0.4 is 9.80 Å². The summed E-state index contributed by atoms with van der Waals surface area (Å²) in [6.45, 7) is 1.76. The van der Waals surface area contributed by atoms with E-state index < -0.39 is 0 Å². The summed E-state index contributed by atoms with van der Waals surface area (Å²) in [4.78, 5) is 5.00. The summed E-state index contributed by atoms with van der Waals surface area (Å²) in [6, 6.07) is 69.2. The van der Waals surface area contributed by atoms with Gasteiger partial charge in [0, 0.05) is 40.9 Å². The van der Waals surface area contributed by atoms with Crippen molar-refractivity contribution in [2.45, 2.75) is 0 Å². The van der Waals surface area contributed by atoms with Gasteiger partial charge in [0.1, 0.15) is 0 Å². The van der Waals surface area contributed by atoms with Crippen LogP contribution in [0.5, 0.6) is 0 Å². The summed E-state index contributed by atoms with van der Waals surface area (Å²) in [7, 11) is 0. The number of rotatable bonds is 3. The van der Waals surface area contributed by atoms with Crippen molar-refractivity contribution in [3.8, 4) is 50.2 Å². The smallest absolute Gasteiger partial charge is 0.0659 e. The molecule has 0 saturated carbocycles. The third kappa shape index (κ3) is 4.60. The first-order valence-corrected chi connectivity index (χ1v) is 18.5. The Morgan fingerprint density at radius 3 is 1.15 bits per heavy atom. The fraction of sp³-hybridized carbons (Fsp3) is 0.0400. The lowest BCUT2D eigenvalue weighted by Crippen LogP contribution is -2.36. The highest BCUT2D eigenvalue weighted by Crippen LogP contribution is 2.53. The van der Waals surface area contributed by atoms with Gasteiger partial charge in [-0.05, 0) is 105 Å². The Kier molecular flexibility index (Phi) is 6.68. The van der Waals surface area contributed by atoms with Crippen LogP contribution in [0.1, 0.15) is 0 Å². The molecular weight excluding hydrogens is 643 g/mol. The van der Waals surface area contributed by atoms with Crippen molar-refractivity contribution >= 4 is 44.6 Å². The molecule has 0 fully saturated rings. The maximum Gasteiger partial charge on any atom is 0.0659 e. The van der Waals surface area contributed by atoms with E-state index in [9.17, 15) is 0 Å². The van der Waals surface area contributed by atoms with E-state index in [2.05, 4.69) is 202 Å². The predicted octanol–water partition coefficient (Wildman–Crippen LogP) is 13.1. The lowest BCUT2D eigenvalue weighted by Gasteiger charge is -2.40. The third-order valence-electron chi connectivity index (χ3n) is 11.2. The van der Waals surface area contributed by atoms with E-state index in [1.54, 1.807) is 0 Å². The van der Waals surface area contributed by atoms with E-state index in [-0.39, 0.29) is 0 Å². The van der Waals surface area contributed by atoms with E-state index in [1.165, 1.54) is 89.1 Å². The molecule has 0 amide bonds. The Balaban J connectivity index is 1.23. The van der Waals surface area contributed by atoms with Gasteiger partial charge in [-0.15, -0.1) is 0 Å². The topological polar surface area (TPSA) is 11.4 Å². The number of anilines is 4. The Morgan fingerprint density at radius 1 is 0.283 bits per heavy atom. The second-order valence-corrected chi connectivity index (χ2v) is 14.1. The normalized spacial score (nSPS) is 13.1. The van der Waals surface area contributed by atoms with Gasteiger partial charge in [-0.25, -0.2) is 0 Å². The lowest BCUT2D eigenvalue weighted by atomic mass is 9.80. The summed E-state index contributed by atoms with van der Waals surface area (Å²) in [5.41, 5.74) is 18.4. The summed E-state index contributed by atoms with van der Waals surface area (Å²) >= 11 is 0. The number of benzene rings is 8. The molecule has 11 rings (SSSR count). The number of aromatic nitrogens is 1. The highest BCUT2D eigenvalue weighted by molar-refractivity contribution is 6.10. The van der Waals surface area contributed by atoms with Gasteiger partial charge < -0.3 is 14.4 Å². The van der Waals surface area contributed by atoms with Gasteiger partial charge in [-0.2, -0.15) is 0 Å². The number of para-hydroxylation sites is 4. The molecule has 0 radical (unpaired) electrons. The molecule has 0 spiro atoms. The quantitative estimate of drug-likeness (QED) is 0.184. The summed E-state index contributed by atoms with van der Waals surface area (Å²) < 4.78 is 2.43. The zero-order valence-electron chi connectivity index (χ0n) is 29.2. The van der Waals surface area contributed by atoms with Crippen LogP contribution in [0.15, 0.2) is 188 Å². The number of hydrogen-bond donors (Lipinski definition) is 0. The third-order valence-corrected chi connectivity index (χ3v) is 11.2. The number of nitrogens with zero attached hydrogens (tertiary/aromatic N) is 3. The first kappa shape index (κ1) is 29.8. The Morgan fingerprint density at radius 2 is 0.660 bits per heavy atom. The predicted molar refractivity (Wildman–Crippen MR) is 223 cm³/mol. The van der Waals surface area contributed by atoms with Gasteiger partial charge in [0.05, 0.1) is 22.4 Å². The molecule has 1 aliphatic heterocycles. The number of hydrogen-bond acceptors (Lipinski definition) is 2. The van der Waals surface area contributed by atoms with Crippen molar-refractivity contribution in [3.63, 3.8) is 0 Å². The molecule has 2 aliphatic rings. The molecule has 0 bridgehead atoms. The Bertz CT molecular complexity index is 2800. The van der Waals surface area contributed by atoms with Crippen LogP contribution >= 0.6 is 0 Å². The first-order chi connectivity index (χ1) is 26.3. The SMILES string of the molecule is c1ccc(N2CCN(c3ccccc3)c3cc4c(cc32)-c2ccccc2-c2ccccc2-c2cc(-n3c5ccccc5c5ccccc53)ccc2-4)cc1. The van der Waals surface area contributed by atoms with Crippen LogP contribution in [0, 0.1) is 0 Å². The minimum absolute atomic E-state index is 0.879. The zero-order chi connectivity index (χ0) is 34.9. The molecule has 1 aromatic heterocycles. The second-order valence-electron chi connectivity index (χ2n) is 14.1. The van der Waals surface area contributed by atoms with Crippen LogP contribution in [-0.4, -0.2) is 17.7 Å². The van der Waals surface area contributed by atoms with Gasteiger partial charge in [0.15, 0.2) is 0 Å². The van der Waals surface area contributed by atoms with Crippen LogP contribution in [0.3, 0.4) is 0 Å². The van der Waals surface area contributed by atoms with Gasteiger partial charge in [0.2, 0.25) is 0 Å². The largest absolute Gasteiger partial charge is 0.338 e. The van der Waals surface area contributed by atoms with E-state index >= 15 is 0 Å². The standard InChI is InChI=1S/C50H35N3/c1-3-15-34(16-4-1)51-29-30-52(35-17-5-2-6-18-35)50-33-46-41-28-27-36(53-47-25-13-11-23-42(47)43-24-12-14-26-48(43)53)31-44(41)39-21-9-7-19-37(39)38-20-8-10-22-40(38)45(46)32-49(50)51/h1-28,31-33H,29-30H2. The van der Waals surface area contributed by atoms with Crippen molar-refractivity contribution in [3.05, 3.63) is 188 Å². The minimum Gasteiger partial charge on any atom is -0.338 e. The van der Waals surface area contributed by atoms with Crippen molar-refractivity contribution < 1.29 is 0 Å². The molecule has 1 aliphatic carbocycles. The first-order valence-electron chi connectivity index (χ1n) is 18.5. The molecule has 0 N–H and O–H groups in total. The van der Waals surface area contributed by atoms with E-state index in [0.29, 0.717) is 0 Å². The average molecular weight is 678 g/mol. The molecule has 0 unspecified atom stereocenters. The second kappa shape index (κ2) is 11.9. The van der Waals surface area contributed by atoms with E-state index in [0.717, 1.165) is 18.8 Å². The summed E-state index contributed by atoms with van der Waals surface area (Å²) in [5.74, 6) is 0. The van der Waals surface area contributed by atoms with Crippen molar-refractivity contribution in [2.24, 2.45) is 0 Å². The monoisotopic (exact) mass is 677 g/mol. The fourth-order valence-electron chi connectivity index (χ4n) is 8.88. The lowest BCUT2D eigenvalue weighted by molar-refractivity contribution is 0.850. The van der Waals surface area contributed by atoms with Crippen molar-refractivity contribution in [1.82, 2.24) is 4.57 Å². The molecule has 0 atom stereocenters. The maximum absolute atomic E-state index is 2.50. The molecule has 3 nitrogen and oxygen atoms in total. The molecule has 3 heteroatoms. The highest BCUT2D eigenvalue weighted by atomic mass is 15.3. The fourth-order valence-corrected chi connectivity index (χ4v) is 8.88. The molecule has 0 saturated heterocycles. The summed E-state index contributed by atoms with van der Waals surface area (Å²) in [6.07, 6.45) is 0. The van der Waals surface area contributed by atoms with E-state index in [4.69, 9.17) is 0 Å². The summed E-state index contributed by atoms with van der Waals surface area (Å²) in [5, 5.41) is 2.54. The number of fused-ring (bicyclic) bond motifs is 12. The van der Waals surface area contributed by atoms with Crippen molar-refractivity contribution in [1.29, 1.82) is 0 Å². The Labute approximate surface area is 309 Å². The molecule has 250 valence electrons. The van der Waals surface area contributed by atoms with Gasteiger partial charge >= 0.3 is 0 Å². The van der Waals surface area contributed by atoms with Gasteiger partial charge in [-0.3, -0.25) is 0 Å². The van der Waals surface area contributed by atoms with Crippen LogP contribution in [0.4, 0.5) is 22.7 Å². The maximum atomic E-state index is 2.50. The van der Waals surface area contributed by atoms with Crippen molar-refractivity contribution in [2.75, 3.05) is 22.9 Å². The molecule has 2 heterocycles. The molecular formula is C50H35N3.